The Morgan fingerprint density at radius 2 is 0.810 bits per heavy atom. The van der Waals surface area contributed by atoms with Gasteiger partial charge in [-0.15, -0.1) is 0 Å². The Hall–Kier alpha value is -5.19. The second-order valence-electron chi connectivity index (χ2n) is 9.95. The lowest BCUT2D eigenvalue weighted by atomic mass is 10.0. The molecule has 4 nitrogen and oxygen atoms in total. The van der Waals surface area contributed by atoms with E-state index in [0.717, 1.165) is 16.3 Å². The zero-order chi connectivity index (χ0) is 29.1. The highest BCUT2D eigenvalue weighted by Gasteiger charge is 2.11. The lowest BCUT2D eigenvalue weighted by molar-refractivity contribution is 0.103. The predicted molar refractivity (Wildman–Crippen MR) is 166 cm³/mol. The Morgan fingerprint density at radius 3 is 1.24 bits per heavy atom. The molecule has 0 heterocycles. The Morgan fingerprint density at radius 1 is 0.452 bits per heavy atom. The van der Waals surface area contributed by atoms with E-state index in [9.17, 15) is 9.59 Å². The molecule has 0 aliphatic carbocycles. The summed E-state index contributed by atoms with van der Waals surface area (Å²) in [4.78, 5) is 25.5. The highest BCUT2D eigenvalue weighted by Crippen LogP contribution is 2.31. The number of rotatable bonds is 8. The minimum absolute atomic E-state index is 0.0254. The van der Waals surface area contributed by atoms with Crippen LogP contribution in [0, 0.1) is 6.92 Å². The van der Waals surface area contributed by atoms with Crippen LogP contribution in [-0.2, 0) is 0 Å². The Balaban J connectivity index is 1.14. The lowest BCUT2D eigenvalue weighted by Crippen LogP contribution is -2.00. The fourth-order valence-electron chi connectivity index (χ4n) is 4.59. The molecule has 0 radical (unpaired) electrons. The number of halogens is 1. The SMILES string of the molecule is Cc1ccc(C(=O)c2ccc(Oc3ccc4ccc(Oc5ccc(C(=O)c6ccc(Cl)cc6)cc5)cc4c3)cc2)cc1. The third-order valence-corrected chi connectivity index (χ3v) is 7.16. The van der Waals surface area contributed by atoms with Crippen LogP contribution in [0.1, 0.15) is 37.4 Å². The summed E-state index contributed by atoms with van der Waals surface area (Å²) in [5, 5.41) is 2.58. The summed E-state index contributed by atoms with van der Waals surface area (Å²) >= 11 is 5.93. The molecule has 42 heavy (non-hydrogen) atoms. The van der Waals surface area contributed by atoms with Crippen molar-refractivity contribution in [1.82, 2.24) is 0 Å². The summed E-state index contributed by atoms with van der Waals surface area (Å²) in [6, 6.07) is 40.3. The second-order valence-corrected chi connectivity index (χ2v) is 10.4. The summed E-state index contributed by atoms with van der Waals surface area (Å²) in [5.74, 6) is 2.48. The van der Waals surface area contributed by atoms with Crippen molar-refractivity contribution in [2.75, 3.05) is 0 Å². The summed E-state index contributed by atoms with van der Waals surface area (Å²) in [5.41, 5.74) is 3.52. The molecule has 0 bridgehead atoms. The second kappa shape index (κ2) is 11.7. The molecule has 6 rings (SSSR count). The Labute approximate surface area is 248 Å². The van der Waals surface area contributed by atoms with E-state index in [1.807, 2.05) is 67.6 Å². The van der Waals surface area contributed by atoms with Gasteiger partial charge in [0.1, 0.15) is 23.0 Å². The summed E-state index contributed by atoms with van der Waals surface area (Å²) < 4.78 is 12.2. The van der Waals surface area contributed by atoms with Crippen molar-refractivity contribution < 1.29 is 19.1 Å². The van der Waals surface area contributed by atoms with Gasteiger partial charge in [-0.3, -0.25) is 9.59 Å². The van der Waals surface area contributed by atoms with E-state index >= 15 is 0 Å². The number of hydrogen-bond donors (Lipinski definition) is 0. The van der Waals surface area contributed by atoms with E-state index in [-0.39, 0.29) is 11.6 Å². The van der Waals surface area contributed by atoms with Crippen LogP contribution in [0.3, 0.4) is 0 Å². The lowest BCUT2D eigenvalue weighted by Gasteiger charge is -2.10. The molecule has 0 amide bonds. The van der Waals surface area contributed by atoms with Gasteiger partial charge in [0, 0.05) is 27.3 Å². The zero-order valence-electron chi connectivity index (χ0n) is 22.7. The monoisotopic (exact) mass is 568 g/mol. The van der Waals surface area contributed by atoms with Crippen LogP contribution in [0.4, 0.5) is 0 Å². The van der Waals surface area contributed by atoms with Gasteiger partial charge in [-0.2, -0.15) is 0 Å². The fourth-order valence-corrected chi connectivity index (χ4v) is 4.72. The average Bonchev–Trinajstić information content (AvgIpc) is 3.02. The molecule has 0 aliphatic heterocycles. The zero-order valence-corrected chi connectivity index (χ0v) is 23.5. The first kappa shape index (κ1) is 27.0. The van der Waals surface area contributed by atoms with Crippen molar-refractivity contribution in [3.8, 4) is 23.0 Å². The van der Waals surface area contributed by atoms with E-state index in [2.05, 4.69) is 0 Å². The first-order valence-electron chi connectivity index (χ1n) is 13.4. The van der Waals surface area contributed by atoms with Crippen molar-refractivity contribution in [2.24, 2.45) is 0 Å². The van der Waals surface area contributed by atoms with E-state index < -0.39 is 0 Å². The number of carbonyl (C=O) groups excluding carboxylic acids is 2. The van der Waals surface area contributed by atoms with E-state index in [4.69, 9.17) is 21.1 Å². The maximum absolute atomic E-state index is 12.8. The normalized spacial score (nSPS) is 10.8. The number of benzene rings is 6. The number of ether oxygens (including phenoxy) is 2. The first-order valence-corrected chi connectivity index (χ1v) is 13.8. The Bertz CT molecular complexity index is 1750. The van der Waals surface area contributed by atoms with Crippen LogP contribution in [0.25, 0.3) is 10.8 Å². The molecule has 0 spiro atoms. The molecule has 0 aromatic heterocycles. The van der Waals surface area contributed by atoms with E-state index in [1.165, 1.54) is 0 Å². The highest BCUT2D eigenvalue weighted by molar-refractivity contribution is 6.30. The average molecular weight is 569 g/mol. The maximum Gasteiger partial charge on any atom is 0.193 e. The molecule has 5 heteroatoms. The summed E-state index contributed by atoms with van der Waals surface area (Å²) in [6.45, 7) is 1.99. The van der Waals surface area contributed by atoms with Crippen molar-refractivity contribution in [1.29, 1.82) is 0 Å². The van der Waals surface area contributed by atoms with Crippen LogP contribution >= 0.6 is 11.6 Å². The quantitative estimate of drug-likeness (QED) is 0.171. The molecule has 6 aromatic carbocycles. The molecular weight excluding hydrogens is 544 g/mol. The molecule has 0 aliphatic rings. The van der Waals surface area contributed by atoms with Gasteiger partial charge in [-0.05, 0) is 115 Å². The minimum Gasteiger partial charge on any atom is -0.457 e. The highest BCUT2D eigenvalue weighted by atomic mass is 35.5. The number of hydrogen-bond acceptors (Lipinski definition) is 4. The number of ketones is 2. The van der Waals surface area contributed by atoms with Crippen LogP contribution in [0.5, 0.6) is 23.0 Å². The van der Waals surface area contributed by atoms with Gasteiger partial charge in [-0.25, -0.2) is 0 Å². The van der Waals surface area contributed by atoms with Crippen molar-refractivity contribution in [3.05, 3.63) is 166 Å². The molecule has 6 aromatic rings. The molecule has 0 unspecified atom stereocenters. The standard InChI is InChI=1S/C37H25ClO4/c1-24-2-4-26(5-3-24)36(39)28-10-16-32(17-11-28)41-34-20-8-25-9-21-35(23-30(25)22-34)42-33-18-12-29(13-19-33)37(40)27-6-14-31(38)15-7-27/h2-23H,1H3. The van der Waals surface area contributed by atoms with Crippen molar-refractivity contribution in [3.63, 3.8) is 0 Å². The third kappa shape index (κ3) is 6.09. The van der Waals surface area contributed by atoms with E-state index in [1.54, 1.807) is 72.8 Å². The third-order valence-electron chi connectivity index (χ3n) is 6.91. The Kier molecular flexibility index (Phi) is 7.54. The topological polar surface area (TPSA) is 52.6 Å². The molecule has 0 saturated heterocycles. The fraction of sp³-hybridized carbons (Fsp3) is 0.0270. The van der Waals surface area contributed by atoms with Crippen LogP contribution < -0.4 is 9.47 Å². The van der Waals surface area contributed by atoms with E-state index in [0.29, 0.717) is 50.3 Å². The maximum atomic E-state index is 12.8. The van der Waals surface area contributed by atoms with Gasteiger partial charge in [0.15, 0.2) is 11.6 Å². The number of carbonyl (C=O) groups is 2. The van der Waals surface area contributed by atoms with Gasteiger partial charge in [0.25, 0.3) is 0 Å². The molecule has 0 saturated carbocycles. The van der Waals surface area contributed by atoms with Crippen LogP contribution in [0.15, 0.2) is 133 Å². The van der Waals surface area contributed by atoms with Gasteiger partial charge in [-0.1, -0.05) is 53.6 Å². The molecule has 204 valence electrons. The molecule has 0 atom stereocenters. The van der Waals surface area contributed by atoms with Gasteiger partial charge < -0.3 is 9.47 Å². The van der Waals surface area contributed by atoms with Crippen molar-refractivity contribution in [2.45, 2.75) is 6.92 Å². The molecular formula is C37H25ClO4. The van der Waals surface area contributed by atoms with Crippen LogP contribution in [0.2, 0.25) is 5.02 Å². The minimum atomic E-state index is -0.0797. The van der Waals surface area contributed by atoms with Crippen LogP contribution in [-0.4, -0.2) is 11.6 Å². The largest absolute Gasteiger partial charge is 0.457 e. The van der Waals surface area contributed by atoms with Gasteiger partial charge in [0.05, 0.1) is 0 Å². The molecule has 0 N–H and O–H groups in total. The first-order chi connectivity index (χ1) is 20.4. The number of fused-ring (bicyclic) bond motifs is 1. The molecule has 0 fully saturated rings. The summed E-state index contributed by atoms with van der Waals surface area (Å²) in [7, 11) is 0. The number of aryl methyl sites for hydroxylation is 1. The smallest absolute Gasteiger partial charge is 0.193 e. The van der Waals surface area contributed by atoms with Gasteiger partial charge in [0.2, 0.25) is 0 Å². The predicted octanol–water partition coefficient (Wildman–Crippen LogP) is 9.85. The van der Waals surface area contributed by atoms with Gasteiger partial charge >= 0.3 is 0 Å². The van der Waals surface area contributed by atoms with Crippen molar-refractivity contribution >= 4 is 33.9 Å². The summed E-state index contributed by atoms with van der Waals surface area (Å²) in [6.07, 6.45) is 0.